The third kappa shape index (κ3) is 2.41. The molecule has 4 heteroatoms. The van der Waals surface area contributed by atoms with Gasteiger partial charge < -0.3 is 5.32 Å². The smallest absolute Gasteiger partial charge is 0.253 e. The molecule has 1 amide bonds. The van der Waals surface area contributed by atoms with Gasteiger partial charge in [0.05, 0.1) is 10.6 Å². The zero-order valence-corrected chi connectivity index (χ0v) is 11.5. The summed E-state index contributed by atoms with van der Waals surface area (Å²) in [5.41, 5.74) is 0.757. The Bertz CT molecular complexity index is 445. The van der Waals surface area contributed by atoms with Gasteiger partial charge in [-0.15, -0.1) is 0 Å². The molecule has 0 heterocycles. The van der Waals surface area contributed by atoms with Crippen molar-refractivity contribution in [2.75, 3.05) is 0 Å². The quantitative estimate of drug-likeness (QED) is 0.888. The van der Waals surface area contributed by atoms with Crippen molar-refractivity contribution in [3.05, 3.63) is 33.3 Å². The van der Waals surface area contributed by atoms with E-state index in [1.807, 2.05) is 6.07 Å². The highest BCUT2D eigenvalue weighted by Crippen LogP contribution is 2.44. The fraction of sp³-hybridized carbons (Fsp3) is 0.417. The van der Waals surface area contributed by atoms with Gasteiger partial charge in [-0.2, -0.15) is 0 Å². The molecule has 1 fully saturated rings. The van der Waals surface area contributed by atoms with E-state index in [-0.39, 0.29) is 17.4 Å². The third-order valence-corrected chi connectivity index (χ3v) is 3.81. The van der Waals surface area contributed by atoms with Gasteiger partial charge in [0.2, 0.25) is 0 Å². The highest BCUT2D eigenvalue weighted by molar-refractivity contribution is 9.10. The molecule has 0 bridgehead atoms. The van der Waals surface area contributed by atoms with Crippen molar-refractivity contribution in [3.8, 4) is 0 Å². The van der Waals surface area contributed by atoms with Gasteiger partial charge in [-0.05, 0) is 30.0 Å². The highest BCUT2D eigenvalue weighted by atomic mass is 79.9. The molecular formula is C12H13BrClNO. The van der Waals surface area contributed by atoms with Crippen LogP contribution in [0, 0.1) is 5.41 Å². The van der Waals surface area contributed by atoms with Crippen LogP contribution in [0.5, 0.6) is 0 Å². The molecule has 0 spiro atoms. The monoisotopic (exact) mass is 301 g/mol. The molecule has 2 rings (SSSR count). The number of hydrogen-bond donors (Lipinski definition) is 1. The minimum atomic E-state index is -0.0955. The summed E-state index contributed by atoms with van der Waals surface area (Å²) in [6, 6.07) is 5.56. The minimum absolute atomic E-state index is 0.0955. The Morgan fingerprint density at radius 3 is 2.75 bits per heavy atom. The number of carbonyl (C=O) groups excluding carboxylic acids is 1. The summed E-state index contributed by atoms with van der Waals surface area (Å²) in [6.45, 7) is 4.28. The van der Waals surface area contributed by atoms with Crippen molar-refractivity contribution in [1.29, 1.82) is 0 Å². The lowest BCUT2D eigenvalue weighted by Crippen LogP contribution is -2.28. The van der Waals surface area contributed by atoms with Crippen molar-refractivity contribution in [2.45, 2.75) is 26.3 Å². The van der Waals surface area contributed by atoms with Crippen LogP contribution in [0.25, 0.3) is 0 Å². The summed E-state index contributed by atoms with van der Waals surface area (Å²) in [7, 11) is 0. The normalized spacial score (nSPS) is 21.6. The molecule has 86 valence electrons. The fourth-order valence-electron chi connectivity index (χ4n) is 1.62. The Hall–Kier alpha value is -0.540. The predicted octanol–water partition coefficient (Wildman–Crippen LogP) is 3.63. The Morgan fingerprint density at radius 1 is 1.56 bits per heavy atom. The van der Waals surface area contributed by atoms with Crippen LogP contribution >= 0.6 is 27.5 Å². The lowest BCUT2D eigenvalue weighted by molar-refractivity contribution is 0.0946. The number of benzene rings is 1. The Balaban J connectivity index is 2.12. The maximum Gasteiger partial charge on any atom is 0.253 e. The predicted molar refractivity (Wildman–Crippen MR) is 68.8 cm³/mol. The number of rotatable bonds is 2. The molecule has 0 aliphatic heterocycles. The van der Waals surface area contributed by atoms with Gasteiger partial charge in [0.15, 0.2) is 0 Å². The van der Waals surface area contributed by atoms with Gasteiger partial charge in [-0.3, -0.25) is 4.79 Å². The summed E-state index contributed by atoms with van der Waals surface area (Å²) in [5, 5.41) is 3.47. The van der Waals surface area contributed by atoms with Gasteiger partial charge >= 0.3 is 0 Å². The highest BCUT2D eigenvalue weighted by Gasteiger charge is 2.46. The van der Waals surface area contributed by atoms with Gasteiger partial charge in [0.1, 0.15) is 0 Å². The first-order chi connectivity index (χ1) is 7.40. The van der Waals surface area contributed by atoms with Crippen LogP contribution in [-0.2, 0) is 0 Å². The van der Waals surface area contributed by atoms with Crippen molar-refractivity contribution in [2.24, 2.45) is 5.41 Å². The third-order valence-electron chi connectivity index (χ3n) is 2.99. The molecule has 2 nitrogen and oxygen atoms in total. The molecule has 1 atom stereocenters. The number of halogens is 2. The van der Waals surface area contributed by atoms with Gasteiger partial charge in [-0.25, -0.2) is 0 Å². The Kier molecular flexibility index (Phi) is 3.01. The van der Waals surface area contributed by atoms with E-state index in [1.165, 1.54) is 0 Å². The van der Waals surface area contributed by atoms with Crippen molar-refractivity contribution in [3.63, 3.8) is 0 Å². The van der Waals surface area contributed by atoms with Crippen LogP contribution in [0.1, 0.15) is 30.6 Å². The van der Waals surface area contributed by atoms with Crippen molar-refractivity contribution >= 4 is 33.4 Å². The minimum Gasteiger partial charge on any atom is -0.349 e. The first kappa shape index (κ1) is 11.9. The number of nitrogens with one attached hydrogen (secondary N) is 1. The molecule has 1 aromatic rings. The van der Waals surface area contributed by atoms with Gasteiger partial charge in [-0.1, -0.05) is 41.4 Å². The van der Waals surface area contributed by atoms with Crippen molar-refractivity contribution in [1.82, 2.24) is 5.32 Å². The zero-order chi connectivity index (χ0) is 11.9. The van der Waals surface area contributed by atoms with E-state index in [0.717, 1.165) is 10.9 Å². The van der Waals surface area contributed by atoms with E-state index in [2.05, 4.69) is 35.1 Å². The summed E-state index contributed by atoms with van der Waals surface area (Å²) in [4.78, 5) is 11.9. The first-order valence-electron chi connectivity index (χ1n) is 5.16. The maximum absolute atomic E-state index is 11.9. The molecule has 1 aromatic carbocycles. The zero-order valence-electron chi connectivity index (χ0n) is 9.18. The molecule has 1 saturated carbocycles. The topological polar surface area (TPSA) is 29.1 Å². The van der Waals surface area contributed by atoms with E-state index >= 15 is 0 Å². The van der Waals surface area contributed by atoms with Crippen LogP contribution in [0.2, 0.25) is 5.02 Å². The Morgan fingerprint density at radius 2 is 2.19 bits per heavy atom. The summed E-state index contributed by atoms with van der Waals surface area (Å²) in [5.74, 6) is -0.0955. The second-order valence-electron chi connectivity index (χ2n) is 4.84. The van der Waals surface area contributed by atoms with Crippen LogP contribution in [0.3, 0.4) is 0 Å². The molecule has 1 N–H and O–H groups in total. The molecular weight excluding hydrogens is 289 g/mol. The second-order valence-corrected chi connectivity index (χ2v) is 6.17. The lowest BCUT2D eigenvalue weighted by Gasteiger charge is -2.08. The van der Waals surface area contributed by atoms with E-state index in [0.29, 0.717) is 10.6 Å². The molecule has 0 saturated heterocycles. The summed E-state index contributed by atoms with van der Waals surface area (Å²) in [6.07, 6.45) is 1.03. The number of hydrogen-bond acceptors (Lipinski definition) is 1. The number of carbonyl (C=O) groups is 1. The molecule has 0 aromatic heterocycles. The largest absolute Gasteiger partial charge is 0.349 e. The van der Waals surface area contributed by atoms with Crippen LogP contribution in [0.15, 0.2) is 22.7 Å². The SMILES string of the molecule is CC1(C)CC1NC(=O)c1cc(Br)ccc1Cl. The standard InChI is InChI=1S/C12H13BrClNO/c1-12(2)6-10(12)15-11(16)8-5-7(13)3-4-9(8)14/h3-5,10H,6H2,1-2H3,(H,15,16). The summed E-state index contributed by atoms with van der Waals surface area (Å²) < 4.78 is 0.858. The molecule has 1 aliphatic rings. The molecule has 1 aliphatic carbocycles. The summed E-state index contributed by atoms with van der Waals surface area (Å²) >= 11 is 9.31. The lowest BCUT2D eigenvalue weighted by atomic mass is 10.1. The van der Waals surface area contributed by atoms with Crippen molar-refractivity contribution < 1.29 is 4.79 Å². The van der Waals surface area contributed by atoms with Crippen LogP contribution in [0.4, 0.5) is 0 Å². The molecule has 0 radical (unpaired) electrons. The van der Waals surface area contributed by atoms with Crippen LogP contribution < -0.4 is 5.32 Å². The van der Waals surface area contributed by atoms with E-state index in [9.17, 15) is 4.79 Å². The molecule has 16 heavy (non-hydrogen) atoms. The Labute approximate surface area is 108 Å². The average molecular weight is 303 g/mol. The van der Waals surface area contributed by atoms with E-state index in [4.69, 9.17) is 11.6 Å². The fourth-order valence-corrected chi connectivity index (χ4v) is 2.19. The maximum atomic E-state index is 11.9. The van der Waals surface area contributed by atoms with E-state index < -0.39 is 0 Å². The van der Waals surface area contributed by atoms with Gasteiger partial charge in [0.25, 0.3) is 5.91 Å². The van der Waals surface area contributed by atoms with E-state index in [1.54, 1.807) is 12.1 Å². The van der Waals surface area contributed by atoms with Crippen LogP contribution in [-0.4, -0.2) is 11.9 Å². The first-order valence-corrected chi connectivity index (χ1v) is 6.33. The van der Waals surface area contributed by atoms with Gasteiger partial charge in [0, 0.05) is 10.5 Å². The second kappa shape index (κ2) is 4.04. The molecule has 1 unspecified atom stereocenters. The average Bonchev–Trinajstić information content (AvgIpc) is 2.77. The number of amides is 1.